The molecule has 1 N–H and O–H groups in total. The molecule has 2 rings (SSSR count). The molecule has 1 saturated carbocycles. The van der Waals surface area contributed by atoms with Crippen LogP contribution in [0.3, 0.4) is 0 Å². The molecule has 0 spiro atoms. The molecule has 1 unspecified atom stereocenters. The number of aromatic nitrogens is 1. The number of nitrogens with zero attached hydrogens (tertiary/aromatic N) is 1. The van der Waals surface area contributed by atoms with Crippen LogP contribution >= 0.6 is 0 Å². The van der Waals surface area contributed by atoms with Crippen molar-refractivity contribution in [3.63, 3.8) is 0 Å². The van der Waals surface area contributed by atoms with Gasteiger partial charge in [-0.2, -0.15) is 0 Å². The molecule has 0 radical (unpaired) electrons. The first-order chi connectivity index (χ1) is 7.40. The predicted octanol–water partition coefficient (Wildman–Crippen LogP) is 2.92. The summed E-state index contributed by atoms with van der Waals surface area (Å²) < 4.78 is 0. The predicted molar refractivity (Wildman–Crippen MR) is 62.6 cm³/mol. The first-order valence-electron chi connectivity index (χ1n) is 6.04. The van der Waals surface area contributed by atoms with E-state index in [-0.39, 0.29) is 0 Å². The summed E-state index contributed by atoms with van der Waals surface area (Å²) >= 11 is 0. The monoisotopic (exact) mass is 204 g/mol. The summed E-state index contributed by atoms with van der Waals surface area (Å²) in [4.78, 5) is 4.45. The van der Waals surface area contributed by atoms with E-state index in [1.54, 1.807) is 0 Å². The fraction of sp³-hybridized carbons (Fsp3) is 0.615. The van der Waals surface area contributed by atoms with Crippen LogP contribution in [0.4, 0.5) is 0 Å². The molecule has 1 aromatic rings. The summed E-state index contributed by atoms with van der Waals surface area (Å²) in [5.74, 6) is 0.927. The van der Waals surface area contributed by atoms with Crippen molar-refractivity contribution in [1.29, 1.82) is 0 Å². The van der Waals surface area contributed by atoms with E-state index in [0.29, 0.717) is 6.04 Å². The van der Waals surface area contributed by atoms with Crippen LogP contribution in [0.1, 0.15) is 44.3 Å². The quantitative estimate of drug-likeness (QED) is 0.797. The standard InChI is InChI=1S/C13H20N2/c1-2-14-13(10-11-6-5-7-11)12-8-3-4-9-15-12/h3-4,8-9,11,13-14H,2,5-7,10H2,1H3. The third kappa shape index (κ3) is 2.78. The summed E-state index contributed by atoms with van der Waals surface area (Å²) in [6.07, 6.45) is 7.39. The van der Waals surface area contributed by atoms with E-state index in [1.807, 2.05) is 12.3 Å². The molecular formula is C13H20N2. The Labute approximate surface area is 92.1 Å². The Kier molecular flexibility index (Phi) is 3.73. The van der Waals surface area contributed by atoms with E-state index in [4.69, 9.17) is 0 Å². The highest BCUT2D eigenvalue weighted by atomic mass is 14.9. The van der Waals surface area contributed by atoms with Crippen molar-refractivity contribution in [3.8, 4) is 0 Å². The fourth-order valence-corrected chi connectivity index (χ4v) is 2.20. The number of rotatable bonds is 5. The number of nitrogens with one attached hydrogen (secondary N) is 1. The van der Waals surface area contributed by atoms with Gasteiger partial charge in [0.2, 0.25) is 0 Å². The summed E-state index contributed by atoms with van der Waals surface area (Å²) in [6, 6.07) is 6.65. The minimum atomic E-state index is 0.460. The molecule has 1 aromatic heterocycles. The minimum absolute atomic E-state index is 0.460. The number of pyridine rings is 1. The molecule has 82 valence electrons. The van der Waals surface area contributed by atoms with E-state index in [9.17, 15) is 0 Å². The lowest BCUT2D eigenvalue weighted by Crippen LogP contribution is -2.26. The van der Waals surface area contributed by atoms with Gasteiger partial charge in [0.1, 0.15) is 0 Å². The van der Waals surface area contributed by atoms with E-state index in [2.05, 4.69) is 29.4 Å². The van der Waals surface area contributed by atoms with Gasteiger partial charge in [0, 0.05) is 12.2 Å². The highest BCUT2D eigenvalue weighted by molar-refractivity contribution is 5.09. The maximum atomic E-state index is 4.45. The van der Waals surface area contributed by atoms with Gasteiger partial charge in [0.05, 0.1) is 5.69 Å². The second-order valence-corrected chi connectivity index (χ2v) is 4.40. The van der Waals surface area contributed by atoms with Gasteiger partial charge in [-0.3, -0.25) is 4.98 Å². The smallest absolute Gasteiger partial charge is 0.0573 e. The molecule has 0 aromatic carbocycles. The normalized spacial score (nSPS) is 18.5. The van der Waals surface area contributed by atoms with Crippen LogP contribution in [0.5, 0.6) is 0 Å². The molecule has 2 heteroatoms. The van der Waals surface area contributed by atoms with Gasteiger partial charge in [-0.1, -0.05) is 32.3 Å². The first-order valence-corrected chi connectivity index (χ1v) is 6.04. The SMILES string of the molecule is CCNC(CC1CCC1)c1ccccn1. The topological polar surface area (TPSA) is 24.9 Å². The van der Waals surface area contributed by atoms with Crippen LogP contribution in [0, 0.1) is 5.92 Å². The van der Waals surface area contributed by atoms with E-state index >= 15 is 0 Å². The largest absolute Gasteiger partial charge is 0.309 e. The molecule has 1 atom stereocenters. The second-order valence-electron chi connectivity index (χ2n) is 4.40. The molecule has 0 bridgehead atoms. The fourth-order valence-electron chi connectivity index (χ4n) is 2.20. The second kappa shape index (κ2) is 5.26. The minimum Gasteiger partial charge on any atom is -0.309 e. The molecular weight excluding hydrogens is 184 g/mol. The molecule has 1 heterocycles. The van der Waals surface area contributed by atoms with Crippen molar-refractivity contribution in [2.75, 3.05) is 6.54 Å². The third-order valence-corrected chi connectivity index (χ3v) is 3.29. The summed E-state index contributed by atoms with van der Waals surface area (Å²) in [6.45, 7) is 3.19. The molecule has 15 heavy (non-hydrogen) atoms. The number of hydrogen-bond acceptors (Lipinski definition) is 2. The van der Waals surface area contributed by atoms with Crippen LogP contribution in [-0.2, 0) is 0 Å². The molecule has 0 amide bonds. The van der Waals surface area contributed by atoms with Crippen molar-refractivity contribution in [3.05, 3.63) is 30.1 Å². The summed E-state index contributed by atoms with van der Waals surface area (Å²) in [5, 5.41) is 3.54. The lowest BCUT2D eigenvalue weighted by Gasteiger charge is -2.29. The van der Waals surface area contributed by atoms with Crippen LogP contribution in [0.25, 0.3) is 0 Å². The van der Waals surface area contributed by atoms with Gasteiger partial charge in [-0.05, 0) is 31.0 Å². The first kappa shape index (κ1) is 10.6. The number of hydrogen-bond donors (Lipinski definition) is 1. The van der Waals surface area contributed by atoms with E-state index in [1.165, 1.54) is 31.4 Å². The molecule has 1 aliphatic rings. The highest BCUT2D eigenvalue weighted by Gasteiger charge is 2.22. The molecule has 2 nitrogen and oxygen atoms in total. The van der Waals surface area contributed by atoms with Gasteiger partial charge in [0.25, 0.3) is 0 Å². The third-order valence-electron chi connectivity index (χ3n) is 3.29. The van der Waals surface area contributed by atoms with Crippen molar-refractivity contribution in [2.45, 2.75) is 38.6 Å². The molecule has 1 fully saturated rings. The average Bonchev–Trinajstić information content (AvgIpc) is 2.23. The Morgan fingerprint density at radius 3 is 2.87 bits per heavy atom. The molecule has 0 aliphatic heterocycles. The zero-order valence-electron chi connectivity index (χ0n) is 9.45. The zero-order valence-corrected chi connectivity index (χ0v) is 9.45. The average molecular weight is 204 g/mol. The Hall–Kier alpha value is -0.890. The lowest BCUT2D eigenvalue weighted by atomic mass is 9.80. The lowest BCUT2D eigenvalue weighted by molar-refractivity contribution is 0.260. The Bertz CT molecular complexity index is 280. The van der Waals surface area contributed by atoms with Crippen molar-refractivity contribution in [1.82, 2.24) is 10.3 Å². The van der Waals surface area contributed by atoms with Crippen molar-refractivity contribution < 1.29 is 0 Å². The van der Waals surface area contributed by atoms with E-state index < -0.39 is 0 Å². The van der Waals surface area contributed by atoms with Gasteiger partial charge in [0.15, 0.2) is 0 Å². The highest BCUT2D eigenvalue weighted by Crippen LogP contribution is 2.34. The van der Waals surface area contributed by atoms with Gasteiger partial charge >= 0.3 is 0 Å². The Balaban J connectivity index is 1.98. The maximum Gasteiger partial charge on any atom is 0.0573 e. The van der Waals surface area contributed by atoms with Crippen molar-refractivity contribution in [2.24, 2.45) is 5.92 Å². The van der Waals surface area contributed by atoms with Crippen LogP contribution in [-0.4, -0.2) is 11.5 Å². The van der Waals surface area contributed by atoms with E-state index in [0.717, 1.165) is 12.5 Å². The van der Waals surface area contributed by atoms with Crippen LogP contribution in [0.15, 0.2) is 24.4 Å². The molecule has 0 saturated heterocycles. The van der Waals surface area contributed by atoms with Crippen LogP contribution < -0.4 is 5.32 Å². The Morgan fingerprint density at radius 1 is 1.47 bits per heavy atom. The summed E-state index contributed by atoms with van der Waals surface area (Å²) in [7, 11) is 0. The molecule has 1 aliphatic carbocycles. The van der Waals surface area contributed by atoms with Crippen LogP contribution in [0.2, 0.25) is 0 Å². The van der Waals surface area contributed by atoms with Crippen molar-refractivity contribution >= 4 is 0 Å². The van der Waals surface area contributed by atoms with Gasteiger partial charge in [-0.15, -0.1) is 0 Å². The Morgan fingerprint density at radius 2 is 2.33 bits per heavy atom. The zero-order chi connectivity index (χ0) is 10.5. The van der Waals surface area contributed by atoms with Gasteiger partial charge < -0.3 is 5.32 Å². The van der Waals surface area contributed by atoms with Gasteiger partial charge in [-0.25, -0.2) is 0 Å². The summed E-state index contributed by atoms with van der Waals surface area (Å²) in [5.41, 5.74) is 1.20. The maximum absolute atomic E-state index is 4.45.